The van der Waals surface area contributed by atoms with Crippen molar-refractivity contribution < 1.29 is 9.53 Å². The number of hydrogen-bond donors (Lipinski definition) is 1. The van der Waals surface area contributed by atoms with E-state index in [2.05, 4.69) is 5.32 Å². The molecule has 3 aromatic carbocycles. The van der Waals surface area contributed by atoms with E-state index in [4.69, 9.17) is 16.3 Å². The Labute approximate surface area is 152 Å². The largest absolute Gasteiger partial charge is 0.480 e. The van der Waals surface area contributed by atoms with Crippen molar-refractivity contribution in [2.45, 2.75) is 26.0 Å². The van der Waals surface area contributed by atoms with Gasteiger partial charge in [-0.15, -0.1) is 0 Å². The number of ether oxygens (including phenoxy) is 1. The molecule has 0 saturated carbocycles. The zero-order valence-electron chi connectivity index (χ0n) is 14.0. The van der Waals surface area contributed by atoms with Crippen molar-refractivity contribution in [2.75, 3.05) is 0 Å². The molecule has 25 heavy (non-hydrogen) atoms. The van der Waals surface area contributed by atoms with Gasteiger partial charge in [0.15, 0.2) is 6.10 Å². The zero-order chi connectivity index (χ0) is 17.6. The van der Waals surface area contributed by atoms with Gasteiger partial charge < -0.3 is 10.1 Å². The quantitative estimate of drug-likeness (QED) is 0.679. The third kappa shape index (κ3) is 4.31. The summed E-state index contributed by atoms with van der Waals surface area (Å²) in [5.74, 6) is 0.608. The van der Waals surface area contributed by atoms with Gasteiger partial charge in [0.25, 0.3) is 5.91 Å². The van der Waals surface area contributed by atoms with Crippen LogP contribution in [0.15, 0.2) is 66.7 Å². The van der Waals surface area contributed by atoms with Gasteiger partial charge in [0, 0.05) is 17.0 Å². The molecule has 0 heterocycles. The lowest BCUT2D eigenvalue weighted by molar-refractivity contribution is -0.128. The highest BCUT2D eigenvalue weighted by atomic mass is 35.5. The number of halogens is 1. The van der Waals surface area contributed by atoms with E-state index in [1.807, 2.05) is 73.7 Å². The molecular formula is C21H20ClNO2. The number of carbonyl (C=O) groups excluding carboxylic acids is 1. The van der Waals surface area contributed by atoms with Gasteiger partial charge in [-0.1, -0.05) is 67.1 Å². The Morgan fingerprint density at radius 2 is 1.76 bits per heavy atom. The smallest absolute Gasteiger partial charge is 0.261 e. The van der Waals surface area contributed by atoms with Crippen LogP contribution < -0.4 is 10.1 Å². The summed E-state index contributed by atoms with van der Waals surface area (Å²) in [6.07, 6.45) is 0.0634. The Kier molecular flexibility index (Phi) is 5.56. The van der Waals surface area contributed by atoms with Crippen LogP contribution in [0.1, 0.15) is 18.9 Å². The van der Waals surface area contributed by atoms with E-state index in [-0.39, 0.29) is 5.91 Å². The molecule has 0 aromatic heterocycles. The number of rotatable bonds is 6. The van der Waals surface area contributed by atoms with Crippen LogP contribution in [0.5, 0.6) is 5.75 Å². The van der Waals surface area contributed by atoms with Gasteiger partial charge in [0.1, 0.15) is 5.75 Å². The van der Waals surface area contributed by atoms with Gasteiger partial charge in [-0.3, -0.25) is 4.79 Å². The molecule has 0 aliphatic heterocycles. The number of fused-ring (bicyclic) bond motifs is 1. The van der Waals surface area contributed by atoms with Crippen molar-refractivity contribution in [3.8, 4) is 5.75 Å². The highest BCUT2D eigenvalue weighted by Crippen LogP contribution is 2.26. The Morgan fingerprint density at radius 1 is 1.04 bits per heavy atom. The van der Waals surface area contributed by atoms with E-state index >= 15 is 0 Å². The SMILES string of the molecule is CC[C@H](Oc1cccc2ccccc12)C(=O)NCc1ccc(Cl)cc1. The lowest BCUT2D eigenvalue weighted by atomic mass is 10.1. The third-order valence-corrected chi connectivity index (χ3v) is 4.31. The maximum absolute atomic E-state index is 12.5. The second-order valence-corrected chi connectivity index (χ2v) is 6.27. The minimum absolute atomic E-state index is 0.120. The summed E-state index contributed by atoms with van der Waals surface area (Å²) in [7, 11) is 0. The normalized spacial score (nSPS) is 11.9. The molecule has 3 nitrogen and oxygen atoms in total. The van der Waals surface area contributed by atoms with Crippen molar-refractivity contribution in [1.82, 2.24) is 5.32 Å². The van der Waals surface area contributed by atoms with Gasteiger partial charge in [-0.25, -0.2) is 0 Å². The maximum Gasteiger partial charge on any atom is 0.261 e. The van der Waals surface area contributed by atoms with Crippen molar-refractivity contribution in [2.24, 2.45) is 0 Å². The van der Waals surface area contributed by atoms with Gasteiger partial charge >= 0.3 is 0 Å². The fraction of sp³-hybridized carbons (Fsp3) is 0.190. The molecule has 0 spiro atoms. The Bertz CT molecular complexity index is 856. The fourth-order valence-electron chi connectivity index (χ4n) is 2.68. The summed E-state index contributed by atoms with van der Waals surface area (Å²) in [4.78, 5) is 12.5. The predicted octanol–water partition coefficient (Wildman–Crippen LogP) is 4.97. The van der Waals surface area contributed by atoms with Crippen LogP contribution in [0.4, 0.5) is 0 Å². The van der Waals surface area contributed by atoms with E-state index in [9.17, 15) is 4.79 Å². The van der Waals surface area contributed by atoms with Gasteiger partial charge in [0.05, 0.1) is 0 Å². The summed E-state index contributed by atoms with van der Waals surface area (Å²) in [6, 6.07) is 21.3. The van der Waals surface area contributed by atoms with Gasteiger partial charge in [-0.2, -0.15) is 0 Å². The average molecular weight is 354 g/mol. The van der Waals surface area contributed by atoms with E-state index in [1.54, 1.807) is 0 Å². The average Bonchev–Trinajstić information content (AvgIpc) is 2.65. The molecule has 128 valence electrons. The van der Waals surface area contributed by atoms with E-state index < -0.39 is 6.10 Å². The molecule has 0 saturated heterocycles. The molecule has 3 aromatic rings. The van der Waals surface area contributed by atoms with E-state index in [1.165, 1.54) is 0 Å². The molecule has 0 unspecified atom stereocenters. The molecule has 0 radical (unpaired) electrons. The summed E-state index contributed by atoms with van der Waals surface area (Å²) in [5, 5.41) is 5.71. The van der Waals surface area contributed by atoms with Crippen LogP contribution >= 0.6 is 11.6 Å². The summed E-state index contributed by atoms with van der Waals surface area (Å²) in [6.45, 7) is 2.39. The first-order valence-corrected chi connectivity index (χ1v) is 8.71. The number of hydrogen-bond acceptors (Lipinski definition) is 2. The van der Waals surface area contributed by atoms with E-state index in [0.29, 0.717) is 18.0 Å². The molecule has 1 atom stereocenters. The summed E-state index contributed by atoms with van der Waals surface area (Å²) in [5.41, 5.74) is 0.998. The molecule has 1 N–H and O–H groups in total. The van der Waals surface area contributed by atoms with Crippen LogP contribution in [-0.4, -0.2) is 12.0 Å². The molecule has 0 bridgehead atoms. The summed E-state index contributed by atoms with van der Waals surface area (Å²) >= 11 is 5.88. The Morgan fingerprint density at radius 3 is 2.52 bits per heavy atom. The predicted molar refractivity (Wildman–Crippen MR) is 102 cm³/mol. The number of benzene rings is 3. The second kappa shape index (κ2) is 8.04. The Hall–Kier alpha value is -2.52. The first-order chi connectivity index (χ1) is 12.2. The molecule has 0 fully saturated rings. The highest BCUT2D eigenvalue weighted by molar-refractivity contribution is 6.30. The van der Waals surface area contributed by atoms with Crippen molar-refractivity contribution in [3.05, 3.63) is 77.3 Å². The Balaban J connectivity index is 1.68. The molecule has 0 aliphatic rings. The van der Waals surface area contributed by atoms with E-state index in [0.717, 1.165) is 22.1 Å². The van der Waals surface area contributed by atoms with Crippen LogP contribution in [-0.2, 0) is 11.3 Å². The molecule has 1 amide bonds. The minimum Gasteiger partial charge on any atom is -0.480 e. The van der Waals surface area contributed by atoms with Crippen molar-refractivity contribution in [3.63, 3.8) is 0 Å². The third-order valence-electron chi connectivity index (χ3n) is 4.06. The molecule has 3 rings (SSSR count). The van der Waals surface area contributed by atoms with Crippen molar-refractivity contribution in [1.29, 1.82) is 0 Å². The fourth-order valence-corrected chi connectivity index (χ4v) is 2.81. The molecular weight excluding hydrogens is 334 g/mol. The number of carbonyl (C=O) groups is 1. The zero-order valence-corrected chi connectivity index (χ0v) is 14.8. The topological polar surface area (TPSA) is 38.3 Å². The number of nitrogens with one attached hydrogen (secondary N) is 1. The molecule has 0 aliphatic carbocycles. The van der Waals surface area contributed by atoms with Crippen molar-refractivity contribution >= 4 is 28.3 Å². The number of amides is 1. The van der Waals surface area contributed by atoms with Crippen LogP contribution in [0, 0.1) is 0 Å². The van der Waals surface area contributed by atoms with Gasteiger partial charge in [0.2, 0.25) is 0 Å². The lowest BCUT2D eigenvalue weighted by Crippen LogP contribution is -2.37. The van der Waals surface area contributed by atoms with Crippen LogP contribution in [0.2, 0.25) is 5.02 Å². The highest BCUT2D eigenvalue weighted by Gasteiger charge is 2.19. The first-order valence-electron chi connectivity index (χ1n) is 8.34. The van der Waals surface area contributed by atoms with Crippen LogP contribution in [0.3, 0.4) is 0 Å². The summed E-state index contributed by atoms with van der Waals surface area (Å²) < 4.78 is 6.01. The lowest BCUT2D eigenvalue weighted by Gasteiger charge is -2.18. The second-order valence-electron chi connectivity index (χ2n) is 5.84. The van der Waals surface area contributed by atoms with Gasteiger partial charge in [-0.05, 0) is 35.6 Å². The molecule has 4 heteroatoms. The van der Waals surface area contributed by atoms with Crippen LogP contribution in [0.25, 0.3) is 10.8 Å². The minimum atomic E-state index is -0.530. The maximum atomic E-state index is 12.5. The standard InChI is InChI=1S/C21H20ClNO2/c1-2-19(21(24)23-14-15-10-12-17(22)13-11-15)25-20-9-5-7-16-6-3-4-8-18(16)20/h3-13,19H,2,14H2,1H3,(H,23,24)/t19-/m0/s1. The monoisotopic (exact) mass is 353 g/mol. The first kappa shape index (κ1) is 17.3.